The standard InChI is InChI=1S/C16H26BrN3O/c1-4-5-6-20-16(21)15(17)14(10-18-20)19-13-8-11(2)7-12(3)9-13/h10-13,19H,4-9H2,1-3H3. The maximum atomic E-state index is 12.3. The van der Waals surface area contributed by atoms with E-state index in [1.165, 1.54) is 6.42 Å². The number of nitrogens with zero attached hydrogens (tertiary/aromatic N) is 2. The molecule has 0 spiro atoms. The minimum absolute atomic E-state index is 0.0367. The van der Waals surface area contributed by atoms with Gasteiger partial charge in [0, 0.05) is 12.6 Å². The lowest BCUT2D eigenvalue weighted by atomic mass is 9.80. The first-order valence-corrected chi connectivity index (χ1v) is 8.82. The number of hydrogen-bond donors (Lipinski definition) is 1. The van der Waals surface area contributed by atoms with Crippen LogP contribution in [0.15, 0.2) is 15.5 Å². The van der Waals surface area contributed by atoms with Gasteiger partial charge in [-0.05, 0) is 53.4 Å². The van der Waals surface area contributed by atoms with Crippen LogP contribution in [0.1, 0.15) is 52.9 Å². The second-order valence-electron chi connectivity index (χ2n) is 6.51. The summed E-state index contributed by atoms with van der Waals surface area (Å²) in [5.74, 6) is 1.48. The Kier molecular flexibility index (Phi) is 5.85. The van der Waals surface area contributed by atoms with Gasteiger partial charge in [-0.25, -0.2) is 4.68 Å². The van der Waals surface area contributed by atoms with E-state index in [0.717, 1.165) is 43.2 Å². The summed E-state index contributed by atoms with van der Waals surface area (Å²) in [5.41, 5.74) is 0.796. The molecule has 0 aromatic carbocycles. The number of halogens is 1. The van der Waals surface area contributed by atoms with Crippen molar-refractivity contribution in [2.45, 2.75) is 65.5 Å². The van der Waals surface area contributed by atoms with Gasteiger partial charge in [0.05, 0.1) is 11.9 Å². The number of nitrogens with one attached hydrogen (secondary N) is 1. The van der Waals surface area contributed by atoms with E-state index in [2.05, 4.69) is 47.1 Å². The molecule has 4 nitrogen and oxygen atoms in total. The molecule has 1 saturated carbocycles. The van der Waals surface area contributed by atoms with Gasteiger partial charge in [0.1, 0.15) is 4.47 Å². The topological polar surface area (TPSA) is 46.9 Å². The van der Waals surface area contributed by atoms with Gasteiger partial charge in [-0.1, -0.05) is 27.2 Å². The molecule has 0 bridgehead atoms. The van der Waals surface area contributed by atoms with Gasteiger partial charge >= 0.3 is 0 Å². The molecule has 2 atom stereocenters. The molecule has 118 valence electrons. The van der Waals surface area contributed by atoms with Crippen molar-refractivity contribution < 1.29 is 0 Å². The number of hydrogen-bond acceptors (Lipinski definition) is 3. The summed E-state index contributed by atoms with van der Waals surface area (Å²) in [6.07, 6.45) is 7.44. The molecule has 1 aromatic heterocycles. The van der Waals surface area contributed by atoms with E-state index in [0.29, 0.717) is 17.1 Å². The minimum atomic E-state index is -0.0367. The molecule has 1 N–H and O–H groups in total. The average molecular weight is 356 g/mol. The fourth-order valence-electron chi connectivity index (χ4n) is 3.32. The lowest BCUT2D eigenvalue weighted by molar-refractivity contribution is 0.280. The molecule has 0 saturated heterocycles. The quantitative estimate of drug-likeness (QED) is 0.866. The summed E-state index contributed by atoms with van der Waals surface area (Å²) in [6, 6.07) is 0.438. The predicted molar refractivity (Wildman–Crippen MR) is 90.7 cm³/mol. The fourth-order valence-corrected chi connectivity index (χ4v) is 3.74. The molecular formula is C16H26BrN3O. The smallest absolute Gasteiger partial charge is 0.283 e. The van der Waals surface area contributed by atoms with Crippen molar-refractivity contribution in [2.75, 3.05) is 5.32 Å². The van der Waals surface area contributed by atoms with Gasteiger partial charge in [0.25, 0.3) is 5.56 Å². The molecule has 2 unspecified atom stereocenters. The van der Waals surface area contributed by atoms with E-state index >= 15 is 0 Å². The molecule has 1 aliphatic carbocycles. The Labute approximate surface area is 135 Å². The Balaban J connectivity index is 2.10. The van der Waals surface area contributed by atoms with E-state index in [9.17, 15) is 4.79 Å². The molecule has 0 radical (unpaired) electrons. The third-order valence-electron chi connectivity index (χ3n) is 4.25. The lowest BCUT2D eigenvalue weighted by Crippen LogP contribution is -2.32. The van der Waals surface area contributed by atoms with Gasteiger partial charge in [-0.3, -0.25) is 4.79 Å². The van der Waals surface area contributed by atoms with Crippen LogP contribution in [-0.4, -0.2) is 15.8 Å². The normalized spacial score (nSPS) is 25.8. The highest BCUT2D eigenvalue weighted by molar-refractivity contribution is 9.10. The van der Waals surface area contributed by atoms with Gasteiger partial charge in [-0.2, -0.15) is 5.10 Å². The highest BCUT2D eigenvalue weighted by atomic mass is 79.9. The zero-order valence-corrected chi connectivity index (χ0v) is 14.8. The third-order valence-corrected chi connectivity index (χ3v) is 5.01. The van der Waals surface area contributed by atoms with Crippen molar-refractivity contribution in [3.8, 4) is 0 Å². The van der Waals surface area contributed by atoms with Crippen molar-refractivity contribution in [3.63, 3.8) is 0 Å². The second-order valence-corrected chi connectivity index (χ2v) is 7.31. The molecule has 1 heterocycles. The minimum Gasteiger partial charge on any atom is -0.380 e. The number of anilines is 1. The maximum Gasteiger partial charge on any atom is 0.283 e. The molecule has 0 amide bonds. The maximum absolute atomic E-state index is 12.3. The van der Waals surface area contributed by atoms with Gasteiger partial charge in [-0.15, -0.1) is 0 Å². The summed E-state index contributed by atoms with van der Waals surface area (Å²) >= 11 is 3.44. The summed E-state index contributed by atoms with van der Waals surface area (Å²) < 4.78 is 2.16. The highest BCUT2D eigenvalue weighted by Crippen LogP contribution is 2.31. The van der Waals surface area contributed by atoms with Crippen LogP contribution in [0.3, 0.4) is 0 Å². The highest BCUT2D eigenvalue weighted by Gasteiger charge is 2.24. The zero-order chi connectivity index (χ0) is 15.4. The van der Waals surface area contributed by atoms with Crippen LogP contribution in [0.5, 0.6) is 0 Å². The van der Waals surface area contributed by atoms with Crippen molar-refractivity contribution in [3.05, 3.63) is 21.0 Å². The molecule has 0 aliphatic heterocycles. The van der Waals surface area contributed by atoms with E-state index in [-0.39, 0.29) is 5.56 Å². The summed E-state index contributed by atoms with van der Waals surface area (Å²) in [7, 11) is 0. The van der Waals surface area contributed by atoms with Crippen LogP contribution in [-0.2, 0) is 6.54 Å². The van der Waals surface area contributed by atoms with Crippen LogP contribution < -0.4 is 10.9 Å². The SMILES string of the molecule is CCCCn1ncc(NC2CC(C)CC(C)C2)c(Br)c1=O. The zero-order valence-electron chi connectivity index (χ0n) is 13.2. The monoisotopic (exact) mass is 355 g/mol. The Hall–Kier alpha value is -0.840. The number of aromatic nitrogens is 2. The molecule has 1 aromatic rings. The Bertz CT molecular complexity index is 519. The van der Waals surface area contributed by atoms with E-state index in [1.807, 2.05) is 0 Å². The van der Waals surface area contributed by atoms with E-state index in [1.54, 1.807) is 10.9 Å². The van der Waals surface area contributed by atoms with E-state index < -0.39 is 0 Å². The second kappa shape index (κ2) is 7.43. The van der Waals surface area contributed by atoms with Crippen molar-refractivity contribution >= 4 is 21.6 Å². The summed E-state index contributed by atoms with van der Waals surface area (Å²) in [6.45, 7) is 7.41. The molecule has 5 heteroatoms. The summed E-state index contributed by atoms with van der Waals surface area (Å²) in [4.78, 5) is 12.3. The van der Waals surface area contributed by atoms with Crippen LogP contribution in [0.25, 0.3) is 0 Å². The third kappa shape index (κ3) is 4.31. The van der Waals surface area contributed by atoms with Gasteiger partial charge < -0.3 is 5.32 Å². The number of rotatable bonds is 5. The van der Waals surface area contributed by atoms with Gasteiger partial charge in [0.2, 0.25) is 0 Å². The van der Waals surface area contributed by atoms with Crippen LogP contribution in [0.2, 0.25) is 0 Å². The average Bonchev–Trinajstić information content (AvgIpc) is 2.42. The number of aryl methyl sites for hydroxylation is 1. The van der Waals surface area contributed by atoms with Gasteiger partial charge in [0.15, 0.2) is 0 Å². The molecule has 1 aliphatic rings. The summed E-state index contributed by atoms with van der Waals surface area (Å²) in [5, 5.41) is 7.80. The first-order chi connectivity index (χ1) is 10.0. The Morgan fingerprint density at radius 3 is 2.62 bits per heavy atom. The van der Waals surface area contributed by atoms with Crippen molar-refractivity contribution in [2.24, 2.45) is 11.8 Å². The predicted octanol–water partition coefficient (Wildman–Crippen LogP) is 4.04. The Morgan fingerprint density at radius 2 is 2.00 bits per heavy atom. The van der Waals surface area contributed by atoms with Crippen LogP contribution in [0.4, 0.5) is 5.69 Å². The molecule has 1 fully saturated rings. The first kappa shape index (κ1) is 16.5. The Morgan fingerprint density at radius 1 is 1.33 bits per heavy atom. The largest absolute Gasteiger partial charge is 0.380 e. The molecular weight excluding hydrogens is 330 g/mol. The fraction of sp³-hybridized carbons (Fsp3) is 0.750. The van der Waals surface area contributed by atoms with Crippen molar-refractivity contribution in [1.82, 2.24) is 9.78 Å². The van der Waals surface area contributed by atoms with Crippen molar-refractivity contribution in [1.29, 1.82) is 0 Å². The molecule has 2 rings (SSSR count). The first-order valence-electron chi connectivity index (χ1n) is 8.03. The molecule has 21 heavy (non-hydrogen) atoms. The van der Waals surface area contributed by atoms with E-state index in [4.69, 9.17) is 0 Å². The number of unbranched alkanes of at least 4 members (excludes halogenated alkanes) is 1. The lowest BCUT2D eigenvalue weighted by Gasteiger charge is -2.32. The van der Waals surface area contributed by atoms with Crippen LogP contribution >= 0.6 is 15.9 Å². The van der Waals surface area contributed by atoms with Crippen LogP contribution in [0, 0.1) is 11.8 Å².